The zero-order valence-electron chi connectivity index (χ0n) is 10.5. The van der Waals surface area contributed by atoms with Crippen molar-refractivity contribution in [3.8, 4) is 0 Å². The van der Waals surface area contributed by atoms with Crippen LogP contribution in [0, 0.1) is 11.6 Å². The molecule has 0 saturated heterocycles. The van der Waals surface area contributed by atoms with Crippen molar-refractivity contribution in [2.75, 3.05) is 6.54 Å². The molecule has 1 nitrogen and oxygen atoms in total. The third-order valence-electron chi connectivity index (χ3n) is 2.87. The fourth-order valence-electron chi connectivity index (χ4n) is 2.01. The van der Waals surface area contributed by atoms with E-state index in [0.29, 0.717) is 17.1 Å². The van der Waals surface area contributed by atoms with Gasteiger partial charge >= 0.3 is 0 Å². The van der Waals surface area contributed by atoms with Crippen molar-refractivity contribution in [1.82, 2.24) is 5.32 Å². The lowest BCUT2D eigenvalue weighted by Crippen LogP contribution is -2.22. The van der Waals surface area contributed by atoms with E-state index in [1.54, 1.807) is 12.1 Å². The van der Waals surface area contributed by atoms with Crippen molar-refractivity contribution >= 4 is 11.6 Å². The first-order chi connectivity index (χ1) is 9.11. The summed E-state index contributed by atoms with van der Waals surface area (Å²) in [5.41, 5.74) is 1.59. The average molecular weight is 282 g/mol. The predicted molar refractivity (Wildman–Crippen MR) is 73.3 cm³/mol. The molecule has 1 unspecified atom stereocenters. The minimum absolute atomic E-state index is 0.209. The molecule has 2 aromatic rings. The first kappa shape index (κ1) is 14.0. The maximum absolute atomic E-state index is 13.3. The fourth-order valence-corrected chi connectivity index (χ4v) is 2.21. The smallest absolute Gasteiger partial charge is 0.159 e. The summed E-state index contributed by atoms with van der Waals surface area (Å²) in [4.78, 5) is 0. The highest BCUT2D eigenvalue weighted by Gasteiger charge is 2.15. The van der Waals surface area contributed by atoms with Crippen molar-refractivity contribution in [3.05, 3.63) is 70.2 Å². The minimum atomic E-state index is -0.845. The Morgan fingerprint density at radius 1 is 1.05 bits per heavy atom. The highest BCUT2D eigenvalue weighted by Crippen LogP contribution is 2.25. The number of hydrogen-bond donors (Lipinski definition) is 1. The Morgan fingerprint density at radius 3 is 2.42 bits per heavy atom. The van der Waals surface area contributed by atoms with Crippen LogP contribution < -0.4 is 5.32 Å². The molecule has 0 heterocycles. The van der Waals surface area contributed by atoms with Gasteiger partial charge in [-0.2, -0.15) is 0 Å². The molecule has 1 atom stereocenters. The molecular weight excluding hydrogens is 268 g/mol. The summed E-state index contributed by atoms with van der Waals surface area (Å²) in [6, 6.07) is 11.0. The van der Waals surface area contributed by atoms with Crippen LogP contribution in [0.1, 0.15) is 24.1 Å². The lowest BCUT2D eigenvalue weighted by atomic mass is 9.98. The van der Waals surface area contributed by atoms with Gasteiger partial charge in [0.05, 0.1) is 6.04 Å². The Balaban J connectivity index is 2.42. The standard InChI is InChI=1S/C15H14ClF2N/c1-2-19-15(10-4-3-5-12(16)8-10)11-6-7-13(17)14(18)9-11/h3-9,15,19H,2H2,1H3. The SMILES string of the molecule is CCNC(c1cccc(Cl)c1)c1ccc(F)c(F)c1. The van der Waals surface area contributed by atoms with Gasteiger partial charge in [0.2, 0.25) is 0 Å². The molecule has 0 aliphatic carbocycles. The second-order valence-electron chi connectivity index (χ2n) is 4.22. The molecule has 0 amide bonds. The summed E-state index contributed by atoms with van der Waals surface area (Å²) in [6.45, 7) is 2.66. The van der Waals surface area contributed by atoms with Crippen LogP contribution in [-0.2, 0) is 0 Å². The van der Waals surface area contributed by atoms with Crippen LogP contribution in [0.5, 0.6) is 0 Å². The first-order valence-electron chi connectivity index (χ1n) is 6.05. The van der Waals surface area contributed by atoms with E-state index in [1.807, 2.05) is 25.1 Å². The van der Waals surface area contributed by atoms with Gasteiger partial charge in [-0.25, -0.2) is 8.78 Å². The number of halogens is 3. The molecule has 100 valence electrons. The molecule has 0 fully saturated rings. The van der Waals surface area contributed by atoms with Crippen molar-refractivity contribution in [3.63, 3.8) is 0 Å². The van der Waals surface area contributed by atoms with Crippen molar-refractivity contribution in [2.24, 2.45) is 0 Å². The molecule has 0 aliphatic rings. The summed E-state index contributed by atoms with van der Waals surface area (Å²) in [6.07, 6.45) is 0. The molecule has 1 N–H and O–H groups in total. The normalized spacial score (nSPS) is 12.4. The topological polar surface area (TPSA) is 12.0 Å². The van der Waals surface area contributed by atoms with Crippen LogP contribution >= 0.6 is 11.6 Å². The monoisotopic (exact) mass is 281 g/mol. The molecule has 0 aliphatic heterocycles. The third kappa shape index (κ3) is 3.31. The Hall–Kier alpha value is -1.45. The summed E-state index contributed by atoms with van der Waals surface area (Å²) >= 11 is 5.97. The van der Waals surface area contributed by atoms with Crippen molar-refractivity contribution < 1.29 is 8.78 Å². The molecule has 0 bridgehead atoms. The minimum Gasteiger partial charge on any atom is -0.307 e. The molecule has 0 spiro atoms. The number of benzene rings is 2. The second kappa shape index (κ2) is 6.13. The average Bonchev–Trinajstić information content (AvgIpc) is 2.39. The highest BCUT2D eigenvalue weighted by molar-refractivity contribution is 6.30. The number of hydrogen-bond acceptors (Lipinski definition) is 1. The lowest BCUT2D eigenvalue weighted by Gasteiger charge is -2.19. The highest BCUT2D eigenvalue weighted by atomic mass is 35.5. The maximum Gasteiger partial charge on any atom is 0.159 e. The van der Waals surface area contributed by atoms with Gasteiger partial charge in [-0.15, -0.1) is 0 Å². The Labute approximate surface area is 116 Å². The molecule has 19 heavy (non-hydrogen) atoms. The summed E-state index contributed by atoms with van der Waals surface area (Å²) in [5.74, 6) is -1.69. The van der Waals surface area contributed by atoms with Crippen LogP contribution in [0.15, 0.2) is 42.5 Å². The Kier molecular flexibility index (Phi) is 4.51. The largest absolute Gasteiger partial charge is 0.307 e. The number of nitrogens with one attached hydrogen (secondary N) is 1. The number of rotatable bonds is 4. The van der Waals surface area contributed by atoms with E-state index in [0.717, 1.165) is 11.6 Å². The van der Waals surface area contributed by atoms with Gasteiger partial charge in [-0.3, -0.25) is 0 Å². The van der Waals surface area contributed by atoms with E-state index in [2.05, 4.69) is 5.32 Å². The fraction of sp³-hybridized carbons (Fsp3) is 0.200. The van der Waals surface area contributed by atoms with Crippen molar-refractivity contribution in [2.45, 2.75) is 13.0 Å². The molecular formula is C15H14ClF2N. The summed E-state index contributed by atoms with van der Waals surface area (Å²) < 4.78 is 26.3. The zero-order chi connectivity index (χ0) is 13.8. The summed E-state index contributed by atoms with van der Waals surface area (Å²) in [7, 11) is 0. The summed E-state index contributed by atoms with van der Waals surface area (Å²) in [5, 5.41) is 3.86. The maximum atomic E-state index is 13.3. The lowest BCUT2D eigenvalue weighted by molar-refractivity contribution is 0.504. The molecule has 2 aromatic carbocycles. The van der Waals surface area contributed by atoms with Crippen LogP contribution in [0.2, 0.25) is 5.02 Å². The van der Waals surface area contributed by atoms with Crippen LogP contribution in [0.3, 0.4) is 0 Å². The van der Waals surface area contributed by atoms with E-state index in [4.69, 9.17) is 11.6 Å². The van der Waals surface area contributed by atoms with Gasteiger partial charge in [0.15, 0.2) is 11.6 Å². The van der Waals surface area contributed by atoms with Gasteiger partial charge < -0.3 is 5.32 Å². The van der Waals surface area contributed by atoms with E-state index in [1.165, 1.54) is 6.07 Å². The third-order valence-corrected chi connectivity index (χ3v) is 3.10. The molecule has 0 saturated carbocycles. The molecule has 0 aromatic heterocycles. The zero-order valence-corrected chi connectivity index (χ0v) is 11.2. The molecule has 0 radical (unpaired) electrons. The predicted octanol–water partition coefficient (Wildman–Crippen LogP) is 4.32. The molecule has 2 rings (SSSR count). The van der Waals surface area contributed by atoms with Crippen LogP contribution in [0.4, 0.5) is 8.78 Å². The van der Waals surface area contributed by atoms with E-state index in [-0.39, 0.29) is 6.04 Å². The Morgan fingerprint density at radius 2 is 1.79 bits per heavy atom. The van der Waals surface area contributed by atoms with E-state index < -0.39 is 11.6 Å². The molecule has 4 heteroatoms. The van der Waals surface area contributed by atoms with E-state index in [9.17, 15) is 8.78 Å². The quantitative estimate of drug-likeness (QED) is 0.880. The van der Waals surface area contributed by atoms with Gasteiger partial charge in [0.1, 0.15) is 0 Å². The van der Waals surface area contributed by atoms with Gasteiger partial charge in [-0.1, -0.05) is 36.7 Å². The second-order valence-corrected chi connectivity index (χ2v) is 4.66. The van der Waals surface area contributed by atoms with Gasteiger partial charge in [-0.05, 0) is 41.9 Å². The first-order valence-corrected chi connectivity index (χ1v) is 6.43. The van der Waals surface area contributed by atoms with Gasteiger partial charge in [0, 0.05) is 5.02 Å². The Bertz CT molecular complexity index is 572. The van der Waals surface area contributed by atoms with E-state index >= 15 is 0 Å². The van der Waals surface area contributed by atoms with Crippen LogP contribution in [-0.4, -0.2) is 6.54 Å². The van der Waals surface area contributed by atoms with Gasteiger partial charge in [0.25, 0.3) is 0 Å². The van der Waals surface area contributed by atoms with Crippen LogP contribution in [0.25, 0.3) is 0 Å². The van der Waals surface area contributed by atoms with Crippen molar-refractivity contribution in [1.29, 1.82) is 0 Å².